The summed E-state index contributed by atoms with van der Waals surface area (Å²) in [5.74, 6) is 0. The van der Waals surface area contributed by atoms with Gasteiger partial charge in [-0.2, -0.15) is 0 Å². The molecule has 0 saturated heterocycles. The third-order valence-electron chi connectivity index (χ3n) is 2.94. The minimum absolute atomic E-state index is 0.889. The molecule has 2 aromatic rings. The molecule has 94 valence electrons. The molecule has 0 amide bonds. The average molecular weight is 240 g/mol. The van der Waals surface area contributed by atoms with Crippen LogP contribution in [0.25, 0.3) is 0 Å². The third kappa shape index (κ3) is 3.97. The van der Waals surface area contributed by atoms with Crippen molar-refractivity contribution in [3.63, 3.8) is 0 Å². The van der Waals surface area contributed by atoms with Crippen molar-refractivity contribution in [2.24, 2.45) is 0 Å². The molecule has 1 aromatic heterocycles. The van der Waals surface area contributed by atoms with E-state index in [9.17, 15) is 0 Å². The van der Waals surface area contributed by atoms with Gasteiger partial charge in [0.25, 0.3) is 0 Å². The van der Waals surface area contributed by atoms with E-state index in [4.69, 9.17) is 0 Å². The van der Waals surface area contributed by atoms with Gasteiger partial charge in [0.2, 0.25) is 0 Å². The van der Waals surface area contributed by atoms with Crippen molar-refractivity contribution in [2.75, 3.05) is 0 Å². The van der Waals surface area contributed by atoms with E-state index in [1.807, 2.05) is 24.5 Å². The van der Waals surface area contributed by atoms with Crippen molar-refractivity contribution in [1.82, 2.24) is 10.3 Å². The Balaban J connectivity index is 1.84. The van der Waals surface area contributed by atoms with Crippen LogP contribution < -0.4 is 5.32 Å². The molecule has 0 aliphatic carbocycles. The summed E-state index contributed by atoms with van der Waals surface area (Å²) < 4.78 is 0. The largest absolute Gasteiger partial charge is 0.309 e. The fourth-order valence-corrected chi connectivity index (χ4v) is 2.04. The summed E-state index contributed by atoms with van der Waals surface area (Å²) in [5.41, 5.74) is 4.06. The van der Waals surface area contributed by atoms with Crippen LogP contribution in [-0.4, -0.2) is 4.98 Å². The molecule has 18 heavy (non-hydrogen) atoms. The first-order valence-electron chi connectivity index (χ1n) is 6.56. The molecule has 0 fully saturated rings. The van der Waals surface area contributed by atoms with Gasteiger partial charge >= 0.3 is 0 Å². The standard InChI is InChI=1S/C16H20N2/c1-2-4-14-5-3-6-16(11-14)13-18-12-15-7-9-17-10-8-15/h3,5-11,18H,2,4,12-13H2,1H3. The number of rotatable bonds is 6. The van der Waals surface area contributed by atoms with Gasteiger partial charge in [0, 0.05) is 25.5 Å². The van der Waals surface area contributed by atoms with Crippen LogP contribution in [0.2, 0.25) is 0 Å². The Hall–Kier alpha value is -1.67. The molecule has 1 heterocycles. The molecule has 0 bridgehead atoms. The lowest BCUT2D eigenvalue weighted by Crippen LogP contribution is -2.12. The maximum absolute atomic E-state index is 4.02. The van der Waals surface area contributed by atoms with Crippen LogP contribution in [0.1, 0.15) is 30.0 Å². The van der Waals surface area contributed by atoms with Gasteiger partial charge in [0.15, 0.2) is 0 Å². The molecular formula is C16H20N2. The maximum Gasteiger partial charge on any atom is 0.0271 e. The summed E-state index contributed by atoms with van der Waals surface area (Å²) in [5, 5.41) is 3.46. The van der Waals surface area contributed by atoms with Gasteiger partial charge < -0.3 is 5.32 Å². The van der Waals surface area contributed by atoms with Gasteiger partial charge in [-0.1, -0.05) is 37.6 Å². The summed E-state index contributed by atoms with van der Waals surface area (Å²) >= 11 is 0. The number of aryl methyl sites for hydroxylation is 1. The zero-order valence-corrected chi connectivity index (χ0v) is 10.9. The first kappa shape index (κ1) is 12.8. The SMILES string of the molecule is CCCc1cccc(CNCc2ccncc2)c1. The summed E-state index contributed by atoms with van der Waals surface area (Å²) in [4.78, 5) is 4.02. The zero-order valence-electron chi connectivity index (χ0n) is 10.9. The number of nitrogens with one attached hydrogen (secondary N) is 1. The van der Waals surface area contributed by atoms with Crippen molar-refractivity contribution in [1.29, 1.82) is 0 Å². The predicted molar refractivity (Wildman–Crippen MR) is 75.2 cm³/mol. The van der Waals surface area contributed by atoms with E-state index in [1.54, 1.807) is 0 Å². The summed E-state index contributed by atoms with van der Waals surface area (Å²) in [6.45, 7) is 4.02. The number of hydrogen-bond acceptors (Lipinski definition) is 2. The number of benzene rings is 1. The molecule has 0 spiro atoms. The van der Waals surface area contributed by atoms with E-state index in [1.165, 1.54) is 23.1 Å². The quantitative estimate of drug-likeness (QED) is 0.837. The molecule has 2 nitrogen and oxygen atoms in total. The fourth-order valence-electron chi connectivity index (χ4n) is 2.04. The van der Waals surface area contributed by atoms with Gasteiger partial charge in [-0.25, -0.2) is 0 Å². The highest BCUT2D eigenvalue weighted by molar-refractivity contribution is 5.23. The van der Waals surface area contributed by atoms with Crippen LogP contribution in [0.4, 0.5) is 0 Å². The molecule has 1 aromatic carbocycles. The highest BCUT2D eigenvalue weighted by Gasteiger charge is 1.96. The highest BCUT2D eigenvalue weighted by atomic mass is 14.8. The number of nitrogens with zero attached hydrogens (tertiary/aromatic N) is 1. The van der Waals surface area contributed by atoms with E-state index in [-0.39, 0.29) is 0 Å². The Bertz CT molecular complexity index is 466. The Morgan fingerprint density at radius 3 is 2.44 bits per heavy atom. The summed E-state index contributed by atoms with van der Waals surface area (Å²) in [7, 11) is 0. The van der Waals surface area contributed by atoms with E-state index in [2.05, 4.69) is 41.5 Å². The van der Waals surface area contributed by atoms with Crippen LogP contribution in [0.3, 0.4) is 0 Å². The van der Waals surface area contributed by atoms with E-state index in [0.29, 0.717) is 0 Å². The molecule has 0 aliphatic rings. The van der Waals surface area contributed by atoms with E-state index < -0.39 is 0 Å². The molecule has 1 N–H and O–H groups in total. The fraction of sp³-hybridized carbons (Fsp3) is 0.312. The minimum atomic E-state index is 0.889. The molecule has 0 saturated carbocycles. The second-order valence-corrected chi connectivity index (χ2v) is 4.53. The Labute approximate surface area is 109 Å². The topological polar surface area (TPSA) is 24.9 Å². The van der Waals surface area contributed by atoms with Crippen molar-refractivity contribution < 1.29 is 0 Å². The second-order valence-electron chi connectivity index (χ2n) is 4.53. The average Bonchev–Trinajstić information content (AvgIpc) is 2.41. The number of hydrogen-bond donors (Lipinski definition) is 1. The first-order chi connectivity index (χ1) is 8.88. The lowest BCUT2D eigenvalue weighted by molar-refractivity contribution is 0.691. The molecule has 0 radical (unpaired) electrons. The van der Waals surface area contributed by atoms with Crippen molar-refractivity contribution in [3.8, 4) is 0 Å². The third-order valence-corrected chi connectivity index (χ3v) is 2.94. The number of pyridine rings is 1. The number of aromatic nitrogens is 1. The van der Waals surface area contributed by atoms with E-state index >= 15 is 0 Å². The first-order valence-corrected chi connectivity index (χ1v) is 6.56. The van der Waals surface area contributed by atoms with Gasteiger partial charge in [0.1, 0.15) is 0 Å². The lowest BCUT2D eigenvalue weighted by Gasteiger charge is -2.06. The van der Waals surface area contributed by atoms with Crippen LogP contribution in [0.5, 0.6) is 0 Å². The van der Waals surface area contributed by atoms with Gasteiger partial charge in [-0.3, -0.25) is 4.98 Å². The smallest absolute Gasteiger partial charge is 0.0271 e. The van der Waals surface area contributed by atoms with Crippen molar-refractivity contribution in [2.45, 2.75) is 32.9 Å². The van der Waals surface area contributed by atoms with Crippen LogP contribution in [0, 0.1) is 0 Å². The summed E-state index contributed by atoms with van der Waals surface area (Å²) in [6.07, 6.45) is 6.03. The zero-order chi connectivity index (χ0) is 12.6. The summed E-state index contributed by atoms with van der Waals surface area (Å²) in [6, 6.07) is 12.9. The second kappa shape index (κ2) is 6.92. The molecule has 2 heteroatoms. The van der Waals surface area contributed by atoms with Gasteiger partial charge in [0.05, 0.1) is 0 Å². The lowest BCUT2D eigenvalue weighted by atomic mass is 10.1. The Morgan fingerprint density at radius 1 is 0.944 bits per heavy atom. The van der Waals surface area contributed by atoms with Crippen LogP contribution in [0.15, 0.2) is 48.8 Å². The highest BCUT2D eigenvalue weighted by Crippen LogP contribution is 2.07. The normalized spacial score (nSPS) is 10.5. The molecule has 0 aliphatic heterocycles. The van der Waals surface area contributed by atoms with Gasteiger partial charge in [-0.05, 0) is 35.2 Å². The predicted octanol–water partition coefficient (Wildman–Crippen LogP) is 3.32. The maximum atomic E-state index is 4.02. The molecule has 0 unspecified atom stereocenters. The van der Waals surface area contributed by atoms with Gasteiger partial charge in [-0.15, -0.1) is 0 Å². The Kier molecular flexibility index (Phi) is 4.91. The molecular weight excluding hydrogens is 220 g/mol. The van der Waals surface area contributed by atoms with Crippen molar-refractivity contribution >= 4 is 0 Å². The van der Waals surface area contributed by atoms with Crippen LogP contribution in [-0.2, 0) is 19.5 Å². The Morgan fingerprint density at radius 2 is 1.67 bits per heavy atom. The van der Waals surface area contributed by atoms with Crippen LogP contribution >= 0.6 is 0 Å². The molecule has 0 atom stereocenters. The molecule has 2 rings (SSSR count). The van der Waals surface area contributed by atoms with Crippen molar-refractivity contribution in [3.05, 3.63) is 65.5 Å². The van der Waals surface area contributed by atoms with E-state index in [0.717, 1.165) is 19.5 Å². The minimum Gasteiger partial charge on any atom is -0.309 e. The monoisotopic (exact) mass is 240 g/mol.